The van der Waals surface area contributed by atoms with Gasteiger partial charge in [-0.05, 0) is 102 Å². The lowest BCUT2D eigenvalue weighted by Crippen LogP contribution is -2.61. The summed E-state index contributed by atoms with van der Waals surface area (Å²) in [6.45, 7) is 18.1. The minimum atomic E-state index is -0.179. The zero-order chi connectivity index (χ0) is 27.0. The van der Waals surface area contributed by atoms with E-state index in [1.807, 2.05) is 0 Å². The van der Waals surface area contributed by atoms with E-state index in [2.05, 4.69) is 53.7 Å². The van der Waals surface area contributed by atoms with Crippen LogP contribution < -0.4 is 0 Å². The molecule has 4 aliphatic carbocycles. The fraction of sp³-hybridized carbons (Fsp3) is 0.758. The molecule has 1 aromatic rings. The lowest BCUT2D eigenvalue weighted by molar-refractivity contribution is -0.157. The first-order valence-corrected chi connectivity index (χ1v) is 14.6. The van der Waals surface area contributed by atoms with E-state index in [9.17, 15) is 9.59 Å². The van der Waals surface area contributed by atoms with Crippen molar-refractivity contribution in [3.63, 3.8) is 0 Å². The second-order valence-electron chi connectivity index (χ2n) is 14.7. The van der Waals surface area contributed by atoms with Gasteiger partial charge in [0.1, 0.15) is 6.10 Å². The van der Waals surface area contributed by atoms with Crippen LogP contribution >= 0.6 is 0 Å². The van der Waals surface area contributed by atoms with E-state index in [4.69, 9.17) is 9.47 Å². The Morgan fingerprint density at radius 2 is 1.49 bits per heavy atom. The molecule has 0 amide bonds. The van der Waals surface area contributed by atoms with Crippen molar-refractivity contribution in [1.82, 2.24) is 0 Å². The van der Waals surface area contributed by atoms with Crippen molar-refractivity contribution in [2.75, 3.05) is 6.61 Å². The first-order valence-electron chi connectivity index (χ1n) is 14.6. The van der Waals surface area contributed by atoms with Gasteiger partial charge in [-0.1, -0.05) is 53.7 Å². The molecule has 6 atom stereocenters. The highest BCUT2D eigenvalue weighted by molar-refractivity contribution is 5.66. The molecule has 0 unspecified atom stereocenters. The van der Waals surface area contributed by atoms with Crippen molar-refractivity contribution in [3.05, 3.63) is 34.4 Å². The van der Waals surface area contributed by atoms with E-state index < -0.39 is 0 Å². The van der Waals surface area contributed by atoms with Gasteiger partial charge in [0.25, 0.3) is 0 Å². The predicted octanol–water partition coefficient (Wildman–Crippen LogP) is 7.22. The maximum absolute atomic E-state index is 11.8. The average molecular weight is 509 g/mol. The molecule has 0 heterocycles. The van der Waals surface area contributed by atoms with Gasteiger partial charge in [0, 0.05) is 24.7 Å². The molecule has 2 saturated carbocycles. The summed E-state index contributed by atoms with van der Waals surface area (Å²) >= 11 is 0. The van der Waals surface area contributed by atoms with Gasteiger partial charge in [-0.15, -0.1) is 0 Å². The molecule has 4 heteroatoms. The van der Waals surface area contributed by atoms with Crippen LogP contribution in [-0.2, 0) is 42.7 Å². The van der Waals surface area contributed by atoms with Gasteiger partial charge in [-0.2, -0.15) is 0 Å². The Hall–Kier alpha value is -1.84. The molecule has 1 aromatic carbocycles. The Morgan fingerprint density at radius 1 is 0.838 bits per heavy atom. The van der Waals surface area contributed by atoms with Gasteiger partial charge in [0.05, 0.1) is 6.61 Å². The van der Waals surface area contributed by atoms with Gasteiger partial charge in [-0.3, -0.25) is 9.59 Å². The summed E-state index contributed by atoms with van der Waals surface area (Å²) in [6, 6.07) is 4.83. The predicted molar refractivity (Wildman–Crippen MR) is 147 cm³/mol. The monoisotopic (exact) mass is 508 g/mol. The number of carbonyl (C=O) groups is 2. The number of esters is 2. The summed E-state index contributed by atoms with van der Waals surface area (Å²) in [6.07, 6.45) is 10.2. The molecule has 0 radical (unpaired) electrons. The Kier molecular flexibility index (Phi) is 6.21. The quantitative estimate of drug-likeness (QED) is 0.404. The molecule has 0 spiro atoms. The smallest absolute Gasteiger partial charge is 0.302 e. The van der Waals surface area contributed by atoms with E-state index >= 15 is 0 Å². The van der Waals surface area contributed by atoms with Crippen LogP contribution in [0.5, 0.6) is 0 Å². The molecule has 0 saturated heterocycles. The summed E-state index contributed by atoms with van der Waals surface area (Å²) in [5.41, 5.74) is 6.67. The van der Waals surface area contributed by atoms with Crippen LogP contribution in [0.1, 0.15) is 123 Å². The van der Waals surface area contributed by atoms with Crippen LogP contribution in [-0.4, -0.2) is 24.6 Å². The molecule has 4 aliphatic rings. The molecule has 0 aliphatic heterocycles. The number of hydrogen-bond donors (Lipinski definition) is 0. The van der Waals surface area contributed by atoms with Gasteiger partial charge in [0.15, 0.2) is 0 Å². The van der Waals surface area contributed by atoms with Gasteiger partial charge >= 0.3 is 11.9 Å². The molecule has 4 nitrogen and oxygen atoms in total. The minimum absolute atomic E-state index is 0.0585. The number of carbonyl (C=O) groups excluding carboxylic acids is 2. The molecule has 0 bridgehead atoms. The Labute approximate surface area is 224 Å². The van der Waals surface area contributed by atoms with Crippen molar-refractivity contribution >= 4 is 11.9 Å². The Morgan fingerprint density at radius 3 is 2.16 bits per heavy atom. The lowest BCUT2D eigenvalue weighted by Gasteiger charge is -2.67. The largest absolute Gasteiger partial charge is 0.465 e. The molecule has 2 fully saturated rings. The number of fused-ring (bicyclic) bond motifs is 7. The standard InChI is InChI=1S/C33H48O4/c1-21(34)36-20-30(5)15-16-31(6)17-18-32(7)26-11-10-25-23(9-12-28(29(25,3)4)37-22(2)35)24(26)13-14-33(32,8)27(31)19-30/h10-11,27-28H,9,12-20H2,1-8H3/t27-,28-,30-,31-,32-,33+/m1/s1. The van der Waals surface area contributed by atoms with Crippen LogP contribution in [0.15, 0.2) is 12.1 Å². The fourth-order valence-corrected chi connectivity index (χ4v) is 9.39. The second kappa shape index (κ2) is 8.58. The zero-order valence-electron chi connectivity index (χ0n) is 24.5. The third-order valence-electron chi connectivity index (χ3n) is 12.1. The topological polar surface area (TPSA) is 52.6 Å². The van der Waals surface area contributed by atoms with E-state index in [1.54, 1.807) is 11.1 Å². The highest BCUT2D eigenvalue weighted by Gasteiger charge is 2.63. The number of rotatable bonds is 3. The maximum Gasteiger partial charge on any atom is 0.302 e. The molecular formula is C33H48O4. The third kappa shape index (κ3) is 3.98. The molecule has 37 heavy (non-hydrogen) atoms. The summed E-state index contributed by atoms with van der Waals surface area (Å²) in [4.78, 5) is 23.4. The SMILES string of the molecule is CC(=O)OC[C@]1(C)CC[C@]2(C)CC[C@]3(C)c4ccc5c(c4CC[C@@]3(C)[C@@H]2C1)CC[C@@H](OC(C)=O)C5(C)C. The summed E-state index contributed by atoms with van der Waals surface area (Å²) in [5.74, 6) is 0.271. The molecule has 0 aromatic heterocycles. The first kappa shape index (κ1) is 26.8. The Bertz CT molecular complexity index is 1120. The van der Waals surface area contributed by atoms with Crippen molar-refractivity contribution in [1.29, 1.82) is 0 Å². The number of benzene rings is 1. The van der Waals surface area contributed by atoms with E-state index in [-0.39, 0.29) is 39.7 Å². The first-order chi connectivity index (χ1) is 17.2. The van der Waals surface area contributed by atoms with Crippen LogP contribution in [0, 0.1) is 22.2 Å². The van der Waals surface area contributed by atoms with Crippen molar-refractivity contribution < 1.29 is 19.1 Å². The van der Waals surface area contributed by atoms with E-state index in [1.165, 1.54) is 50.7 Å². The van der Waals surface area contributed by atoms with Gasteiger partial charge < -0.3 is 9.47 Å². The van der Waals surface area contributed by atoms with Crippen LogP contribution in [0.4, 0.5) is 0 Å². The third-order valence-corrected chi connectivity index (χ3v) is 12.1. The molecule has 0 N–H and O–H groups in total. The summed E-state index contributed by atoms with van der Waals surface area (Å²) < 4.78 is 11.4. The normalized spacial score (nSPS) is 39.9. The van der Waals surface area contributed by atoms with Crippen LogP contribution in [0.25, 0.3) is 0 Å². The summed E-state index contributed by atoms with van der Waals surface area (Å²) in [7, 11) is 0. The van der Waals surface area contributed by atoms with Crippen LogP contribution in [0.2, 0.25) is 0 Å². The van der Waals surface area contributed by atoms with Crippen molar-refractivity contribution in [2.45, 2.75) is 130 Å². The van der Waals surface area contributed by atoms with E-state index in [0.717, 1.165) is 32.1 Å². The molecule has 5 rings (SSSR count). The number of ether oxygens (including phenoxy) is 2. The van der Waals surface area contributed by atoms with Crippen LogP contribution in [0.3, 0.4) is 0 Å². The second-order valence-corrected chi connectivity index (χ2v) is 14.7. The van der Waals surface area contributed by atoms with Crippen molar-refractivity contribution in [3.8, 4) is 0 Å². The lowest BCUT2D eigenvalue weighted by atomic mass is 9.37. The minimum Gasteiger partial charge on any atom is -0.465 e. The van der Waals surface area contributed by atoms with E-state index in [0.29, 0.717) is 17.9 Å². The molecule has 204 valence electrons. The highest BCUT2D eigenvalue weighted by Crippen LogP contribution is 2.70. The average Bonchev–Trinajstić information content (AvgIpc) is 2.82. The number of hydrogen-bond acceptors (Lipinski definition) is 4. The van der Waals surface area contributed by atoms with Gasteiger partial charge in [-0.25, -0.2) is 0 Å². The van der Waals surface area contributed by atoms with Gasteiger partial charge in [0.2, 0.25) is 0 Å². The zero-order valence-corrected chi connectivity index (χ0v) is 24.5. The molecular weight excluding hydrogens is 460 g/mol. The summed E-state index contributed by atoms with van der Waals surface area (Å²) in [5, 5.41) is 0. The maximum atomic E-state index is 11.8. The Balaban J connectivity index is 1.53. The highest BCUT2D eigenvalue weighted by atomic mass is 16.5. The van der Waals surface area contributed by atoms with Crippen molar-refractivity contribution in [2.24, 2.45) is 22.2 Å². The fourth-order valence-electron chi connectivity index (χ4n) is 9.39.